The number of nitrogens with zero attached hydrogens (tertiary/aromatic N) is 4. The van der Waals surface area contributed by atoms with Crippen LogP contribution in [0.15, 0.2) is 30.6 Å². The zero-order valence-corrected chi connectivity index (χ0v) is 18.9. The molecular formula is C21H26N4O9. The molecule has 0 saturated carbocycles. The maximum Gasteiger partial charge on any atom is 0.303 e. The van der Waals surface area contributed by atoms with Crippen molar-refractivity contribution < 1.29 is 43.2 Å². The predicted molar refractivity (Wildman–Crippen MR) is 112 cm³/mol. The highest BCUT2D eigenvalue weighted by atomic mass is 16.7. The average Bonchev–Trinajstić information content (AvgIpc) is 3.26. The third-order valence-electron chi connectivity index (χ3n) is 4.75. The van der Waals surface area contributed by atoms with Crippen LogP contribution in [0.3, 0.4) is 0 Å². The molecule has 5 atom stereocenters. The quantitative estimate of drug-likeness (QED) is 0.376. The number of hydrogen-bond acceptors (Lipinski definition) is 12. The maximum atomic E-state index is 11.7. The lowest BCUT2D eigenvalue weighted by atomic mass is 9.98. The molecule has 0 aliphatic carbocycles. The summed E-state index contributed by atoms with van der Waals surface area (Å²) in [5.74, 6) is -2.10. The van der Waals surface area contributed by atoms with Crippen molar-refractivity contribution in [1.82, 2.24) is 20.0 Å². The van der Waals surface area contributed by atoms with E-state index in [-0.39, 0.29) is 13.2 Å². The number of aromatic nitrogens is 4. The van der Waals surface area contributed by atoms with Gasteiger partial charge in [0.2, 0.25) is 0 Å². The second-order valence-corrected chi connectivity index (χ2v) is 7.40. The van der Waals surface area contributed by atoms with Crippen LogP contribution in [0.5, 0.6) is 0 Å². The Morgan fingerprint density at radius 1 is 1.00 bits per heavy atom. The molecule has 0 spiro atoms. The van der Waals surface area contributed by atoms with Crippen LogP contribution in [-0.4, -0.2) is 86.9 Å². The van der Waals surface area contributed by atoms with Gasteiger partial charge in [0.1, 0.15) is 11.8 Å². The molecule has 2 aromatic heterocycles. The van der Waals surface area contributed by atoms with Crippen LogP contribution in [0.25, 0.3) is 11.4 Å². The molecule has 0 radical (unpaired) electrons. The topological polar surface area (TPSA) is 161 Å². The summed E-state index contributed by atoms with van der Waals surface area (Å²) in [5.41, 5.74) is 1.23. The van der Waals surface area contributed by atoms with Gasteiger partial charge in [0.05, 0.1) is 31.6 Å². The first-order chi connectivity index (χ1) is 16.3. The van der Waals surface area contributed by atoms with Crippen LogP contribution in [-0.2, 0) is 44.6 Å². The minimum absolute atomic E-state index is 0.0383. The average molecular weight is 478 g/mol. The Labute approximate surface area is 194 Å². The van der Waals surface area contributed by atoms with Crippen molar-refractivity contribution in [2.75, 3.05) is 13.2 Å². The molecule has 1 aliphatic rings. The first kappa shape index (κ1) is 25.2. The predicted octanol–water partition coefficient (Wildman–Crippen LogP) is -0.131. The zero-order valence-electron chi connectivity index (χ0n) is 18.9. The van der Waals surface area contributed by atoms with Crippen LogP contribution in [0, 0.1) is 0 Å². The Morgan fingerprint density at radius 3 is 2.29 bits per heavy atom. The lowest BCUT2D eigenvalue weighted by molar-refractivity contribution is -0.308. The maximum absolute atomic E-state index is 11.7. The summed E-state index contributed by atoms with van der Waals surface area (Å²) in [5, 5.41) is 17.9. The molecule has 1 aliphatic heterocycles. The molecule has 184 valence electrons. The van der Waals surface area contributed by atoms with Gasteiger partial charge >= 0.3 is 17.9 Å². The monoisotopic (exact) mass is 478 g/mol. The van der Waals surface area contributed by atoms with Gasteiger partial charge in [-0.15, -0.1) is 5.10 Å². The smallest absolute Gasteiger partial charge is 0.303 e. The van der Waals surface area contributed by atoms with E-state index in [1.807, 2.05) is 6.07 Å². The fourth-order valence-corrected chi connectivity index (χ4v) is 3.44. The van der Waals surface area contributed by atoms with Gasteiger partial charge in [0.15, 0.2) is 24.6 Å². The van der Waals surface area contributed by atoms with Gasteiger partial charge in [-0.25, -0.2) is 4.68 Å². The standard InChI is InChI=1S/C21H26N4O9/c1-12(27)31-18-17(11-26)34-21(20(33-14(3)29)19(18)32-13(2)28)30-9-8-25-10-16(23-24-25)15-6-4-5-7-22-15/h4-7,10,17-21,26H,8-9,11H2,1-3H3/t17-,18-,19+,20-,21-/m1/s1. The van der Waals surface area contributed by atoms with Crippen molar-refractivity contribution in [3.8, 4) is 11.4 Å². The molecule has 0 unspecified atom stereocenters. The Hall–Kier alpha value is -3.42. The normalized spacial score (nSPS) is 24.3. The van der Waals surface area contributed by atoms with E-state index in [4.69, 9.17) is 23.7 Å². The van der Waals surface area contributed by atoms with Gasteiger partial charge in [-0.3, -0.25) is 19.4 Å². The highest BCUT2D eigenvalue weighted by molar-refractivity contribution is 5.68. The number of carbonyl (C=O) groups is 3. The van der Waals surface area contributed by atoms with E-state index in [1.54, 1.807) is 24.5 Å². The summed E-state index contributed by atoms with van der Waals surface area (Å²) in [4.78, 5) is 39.3. The largest absolute Gasteiger partial charge is 0.456 e. The highest BCUT2D eigenvalue weighted by Crippen LogP contribution is 2.29. The van der Waals surface area contributed by atoms with E-state index >= 15 is 0 Å². The number of ether oxygens (including phenoxy) is 5. The Kier molecular flexibility index (Phi) is 8.62. The molecule has 13 nitrogen and oxygen atoms in total. The minimum Gasteiger partial charge on any atom is -0.456 e. The fraction of sp³-hybridized carbons (Fsp3) is 0.524. The number of aliphatic hydroxyl groups excluding tert-OH is 1. The lowest BCUT2D eigenvalue weighted by Crippen LogP contribution is -2.62. The van der Waals surface area contributed by atoms with Crippen molar-refractivity contribution in [3.63, 3.8) is 0 Å². The minimum atomic E-state index is -1.26. The van der Waals surface area contributed by atoms with Crippen LogP contribution in [0.4, 0.5) is 0 Å². The van der Waals surface area contributed by atoms with E-state index < -0.39 is 55.2 Å². The first-order valence-electron chi connectivity index (χ1n) is 10.5. The van der Waals surface area contributed by atoms with Crippen LogP contribution >= 0.6 is 0 Å². The summed E-state index contributed by atoms with van der Waals surface area (Å²) in [7, 11) is 0. The van der Waals surface area contributed by atoms with E-state index in [0.717, 1.165) is 20.8 Å². The van der Waals surface area contributed by atoms with E-state index in [0.29, 0.717) is 11.4 Å². The molecule has 0 amide bonds. The molecule has 1 saturated heterocycles. The number of carbonyl (C=O) groups excluding carboxylic acids is 3. The number of pyridine rings is 1. The number of esters is 3. The number of hydrogen-bond donors (Lipinski definition) is 1. The molecule has 3 rings (SSSR count). The second kappa shape index (κ2) is 11.6. The van der Waals surface area contributed by atoms with Crippen molar-refractivity contribution in [1.29, 1.82) is 0 Å². The Morgan fingerprint density at radius 2 is 1.68 bits per heavy atom. The fourth-order valence-electron chi connectivity index (χ4n) is 3.44. The Bertz CT molecular complexity index is 984. The molecule has 3 heterocycles. The molecule has 1 fully saturated rings. The van der Waals surface area contributed by atoms with Gasteiger partial charge in [-0.05, 0) is 12.1 Å². The van der Waals surface area contributed by atoms with Crippen LogP contribution < -0.4 is 0 Å². The third kappa shape index (κ3) is 6.56. The van der Waals surface area contributed by atoms with Crippen molar-refractivity contribution >= 4 is 17.9 Å². The van der Waals surface area contributed by atoms with E-state index in [2.05, 4.69) is 15.3 Å². The molecule has 13 heteroatoms. The molecule has 0 bridgehead atoms. The van der Waals surface area contributed by atoms with Gasteiger partial charge in [0, 0.05) is 27.0 Å². The first-order valence-corrected chi connectivity index (χ1v) is 10.5. The molecule has 2 aromatic rings. The number of rotatable bonds is 9. The van der Waals surface area contributed by atoms with Gasteiger partial charge in [0.25, 0.3) is 0 Å². The summed E-state index contributed by atoms with van der Waals surface area (Å²) in [6.45, 7) is 3.19. The van der Waals surface area contributed by atoms with Crippen LogP contribution in [0.2, 0.25) is 0 Å². The third-order valence-corrected chi connectivity index (χ3v) is 4.75. The van der Waals surface area contributed by atoms with Crippen LogP contribution in [0.1, 0.15) is 20.8 Å². The van der Waals surface area contributed by atoms with Gasteiger partial charge < -0.3 is 28.8 Å². The van der Waals surface area contributed by atoms with Gasteiger partial charge in [-0.1, -0.05) is 11.3 Å². The lowest BCUT2D eigenvalue weighted by Gasteiger charge is -2.43. The van der Waals surface area contributed by atoms with E-state index in [1.165, 1.54) is 4.68 Å². The molecular weight excluding hydrogens is 452 g/mol. The molecule has 34 heavy (non-hydrogen) atoms. The van der Waals surface area contributed by atoms with Crippen molar-refractivity contribution in [2.24, 2.45) is 0 Å². The Balaban J connectivity index is 1.73. The van der Waals surface area contributed by atoms with Gasteiger partial charge in [-0.2, -0.15) is 0 Å². The molecule has 1 N–H and O–H groups in total. The summed E-state index contributed by atoms with van der Waals surface area (Å²) in [6.07, 6.45) is -2.72. The summed E-state index contributed by atoms with van der Waals surface area (Å²) in [6, 6.07) is 5.43. The number of aliphatic hydroxyl groups is 1. The summed E-state index contributed by atoms with van der Waals surface area (Å²) >= 11 is 0. The zero-order chi connectivity index (χ0) is 24.7. The second-order valence-electron chi connectivity index (χ2n) is 7.40. The van der Waals surface area contributed by atoms with E-state index in [9.17, 15) is 19.5 Å². The van der Waals surface area contributed by atoms with Crippen molar-refractivity contribution in [3.05, 3.63) is 30.6 Å². The summed E-state index contributed by atoms with van der Waals surface area (Å²) < 4.78 is 28.8. The van der Waals surface area contributed by atoms with Crippen molar-refractivity contribution in [2.45, 2.75) is 58.0 Å². The SMILES string of the molecule is CC(=O)O[C@@H]1[C@@H](OC(C)=O)[C@H](OCCn2cc(-c3ccccn3)nn2)O[C@H](CO)[C@H]1OC(C)=O. The molecule has 0 aromatic carbocycles. The highest BCUT2D eigenvalue weighted by Gasteiger charge is 2.52.